The van der Waals surface area contributed by atoms with Gasteiger partial charge in [0, 0.05) is 48.0 Å². The number of hydrogen-bond acceptors (Lipinski definition) is 6. The summed E-state index contributed by atoms with van der Waals surface area (Å²) in [7, 11) is 0. The highest BCUT2D eigenvalue weighted by Gasteiger charge is 2.15. The Labute approximate surface area is 236 Å². The van der Waals surface area contributed by atoms with Crippen molar-refractivity contribution < 1.29 is 18.7 Å². The number of anilines is 1. The highest BCUT2D eigenvalue weighted by atomic mass is 32.1. The number of hydrogen-bond donors (Lipinski definition) is 4. The molecule has 0 bridgehead atoms. The lowest BCUT2D eigenvalue weighted by atomic mass is 10.0. The normalized spacial score (nSPS) is 12.1. The van der Waals surface area contributed by atoms with Crippen molar-refractivity contribution in [2.24, 2.45) is 0 Å². The number of benzene rings is 3. The minimum atomic E-state index is -0.384. The molecule has 0 aliphatic heterocycles. The van der Waals surface area contributed by atoms with Crippen LogP contribution in [0.5, 0.6) is 0 Å². The Morgan fingerprint density at radius 2 is 1.65 bits per heavy atom. The third-order valence-electron chi connectivity index (χ3n) is 6.10. The first-order valence-corrected chi connectivity index (χ1v) is 14.0. The lowest BCUT2D eigenvalue weighted by molar-refractivity contribution is 0.102. The Hall–Kier alpha value is -3.92. The van der Waals surface area contributed by atoms with Gasteiger partial charge in [-0.15, -0.1) is 11.3 Å². The fourth-order valence-corrected chi connectivity index (χ4v) is 4.85. The van der Waals surface area contributed by atoms with Crippen molar-refractivity contribution >= 4 is 35.2 Å². The number of nitrogens with one attached hydrogen (secondary N) is 3. The average molecular weight is 563 g/mol. The Balaban J connectivity index is 1.69. The molecule has 0 saturated heterocycles. The van der Waals surface area contributed by atoms with Crippen LogP contribution in [0.3, 0.4) is 0 Å². The summed E-state index contributed by atoms with van der Waals surface area (Å²) in [6.45, 7) is 4.05. The molecule has 0 unspecified atom stereocenters. The number of thiazole rings is 1. The van der Waals surface area contributed by atoms with Gasteiger partial charge in [-0.2, -0.15) is 0 Å². The van der Waals surface area contributed by atoms with E-state index in [0.29, 0.717) is 30.3 Å². The SMILES string of the molecule is CCC/C=c1\cc(-c2ccc(F)cc2)c(NC(=O)c2csc(-c3ccc(F)cc3)n2)c\c1=C\NCCNCCO. The van der Waals surface area contributed by atoms with Gasteiger partial charge in [-0.1, -0.05) is 31.6 Å². The summed E-state index contributed by atoms with van der Waals surface area (Å²) in [6, 6.07) is 16.0. The first-order chi connectivity index (χ1) is 19.5. The van der Waals surface area contributed by atoms with Crippen LogP contribution < -0.4 is 26.4 Å². The number of aliphatic hydroxyl groups excluding tert-OH is 1. The fraction of sp³-hybridized carbons (Fsp3) is 0.226. The molecule has 4 rings (SSSR count). The molecule has 0 aliphatic rings. The quantitative estimate of drug-likeness (QED) is 0.191. The monoisotopic (exact) mass is 562 g/mol. The predicted octanol–water partition coefficient (Wildman–Crippen LogP) is 4.50. The Bertz CT molecular complexity index is 1540. The molecule has 208 valence electrons. The zero-order chi connectivity index (χ0) is 28.3. The van der Waals surface area contributed by atoms with E-state index in [0.717, 1.165) is 40.0 Å². The second kappa shape index (κ2) is 14.5. The van der Waals surface area contributed by atoms with Crippen LogP contribution in [0.15, 0.2) is 66.0 Å². The minimum absolute atomic E-state index is 0.0815. The molecule has 3 aromatic carbocycles. The molecule has 0 fully saturated rings. The number of aliphatic hydroxyl groups is 1. The van der Waals surface area contributed by atoms with Gasteiger partial charge < -0.3 is 21.1 Å². The predicted molar refractivity (Wildman–Crippen MR) is 158 cm³/mol. The van der Waals surface area contributed by atoms with E-state index in [9.17, 15) is 13.6 Å². The maximum Gasteiger partial charge on any atom is 0.275 e. The number of aromatic nitrogens is 1. The van der Waals surface area contributed by atoms with Gasteiger partial charge in [0.05, 0.1) is 6.61 Å². The van der Waals surface area contributed by atoms with E-state index in [1.54, 1.807) is 29.6 Å². The van der Waals surface area contributed by atoms with Gasteiger partial charge in [-0.25, -0.2) is 13.8 Å². The summed E-state index contributed by atoms with van der Waals surface area (Å²) >= 11 is 1.30. The fourth-order valence-electron chi connectivity index (χ4n) is 4.04. The van der Waals surface area contributed by atoms with E-state index in [1.807, 2.05) is 18.3 Å². The number of amides is 1. The van der Waals surface area contributed by atoms with Crippen molar-refractivity contribution in [1.82, 2.24) is 15.6 Å². The van der Waals surface area contributed by atoms with Gasteiger partial charge in [-0.3, -0.25) is 4.79 Å². The first kappa shape index (κ1) is 29.1. The number of halogens is 2. The maximum absolute atomic E-state index is 13.7. The molecule has 0 spiro atoms. The van der Waals surface area contributed by atoms with Gasteiger partial charge in [-0.05, 0) is 71.0 Å². The second-order valence-corrected chi connectivity index (χ2v) is 9.96. The van der Waals surface area contributed by atoms with Gasteiger partial charge in [0.1, 0.15) is 22.3 Å². The number of unbranched alkanes of at least 4 members (excludes halogenated alkanes) is 1. The van der Waals surface area contributed by atoms with E-state index in [4.69, 9.17) is 5.11 Å². The van der Waals surface area contributed by atoms with Crippen LogP contribution in [0.4, 0.5) is 14.5 Å². The van der Waals surface area contributed by atoms with Crippen molar-refractivity contribution in [1.29, 1.82) is 0 Å². The summed E-state index contributed by atoms with van der Waals surface area (Å²) < 4.78 is 27.1. The molecule has 0 aliphatic carbocycles. The van der Waals surface area contributed by atoms with Gasteiger partial charge in [0.2, 0.25) is 0 Å². The third-order valence-corrected chi connectivity index (χ3v) is 6.99. The highest BCUT2D eigenvalue weighted by molar-refractivity contribution is 7.13. The van der Waals surface area contributed by atoms with Crippen molar-refractivity contribution in [3.63, 3.8) is 0 Å². The maximum atomic E-state index is 13.7. The summed E-state index contributed by atoms with van der Waals surface area (Å²) in [5.74, 6) is -1.06. The largest absolute Gasteiger partial charge is 0.395 e. The Morgan fingerprint density at radius 3 is 2.33 bits per heavy atom. The molecule has 4 aromatic rings. The molecule has 4 N–H and O–H groups in total. The van der Waals surface area contributed by atoms with Crippen LogP contribution in [0, 0.1) is 11.6 Å². The minimum Gasteiger partial charge on any atom is -0.395 e. The molecule has 1 heterocycles. The Kier molecular flexibility index (Phi) is 10.5. The smallest absolute Gasteiger partial charge is 0.275 e. The van der Waals surface area contributed by atoms with E-state index >= 15 is 0 Å². The Morgan fingerprint density at radius 1 is 0.950 bits per heavy atom. The molecular formula is C31H32F2N4O2S. The molecule has 1 amide bonds. The van der Waals surface area contributed by atoms with E-state index < -0.39 is 0 Å². The van der Waals surface area contributed by atoms with Crippen molar-refractivity contribution in [2.45, 2.75) is 19.8 Å². The molecule has 40 heavy (non-hydrogen) atoms. The second-order valence-electron chi connectivity index (χ2n) is 9.10. The topological polar surface area (TPSA) is 86.3 Å². The molecule has 1 aromatic heterocycles. The lowest BCUT2D eigenvalue weighted by Crippen LogP contribution is -2.32. The van der Waals surface area contributed by atoms with Crippen LogP contribution in [-0.2, 0) is 0 Å². The number of carbonyl (C=O) groups is 1. The highest BCUT2D eigenvalue weighted by Crippen LogP contribution is 2.28. The van der Waals surface area contributed by atoms with Gasteiger partial charge in [0.25, 0.3) is 5.91 Å². The van der Waals surface area contributed by atoms with Crippen LogP contribution in [-0.4, -0.2) is 42.2 Å². The molecule has 0 radical (unpaired) electrons. The summed E-state index contributed by atoms with van der Waals surface area (Å²) in [5.41, 5.74) is 3.06. The van der Waals surface area contributed by atoms with Crippen LogP contribution in [0.25, 0.3) is 34.0 Å². The molecular weight excluding hydrogens is 530 g/mol. The van der Waals surface area contributed by atoms with E-state index in [-0.39, 0.29) is 29.8 Å². The van der Waals surface area contributed by atoms with Crippen LogP contribution in [0.2, 0.25) is 0 Å². The molecule has 0 atom stereocenters. The summed E-state index contributed by atoms with van der Waals surface area (Å²) in [6.07, 6.45) is 5.90. The van der Waals surface area contributed by atoms with Crippen molar-refractivity contribution in [2.75, 3.05) is 31.6 Å². The standard InChI is InChI=1S/C31H32F2N4O2S/c1-2-3-4-23-17-27(21-5-9-25(32)10-6-21)28(18-24(23)19-35-14-13-34-15-16-38)36-30(39)29-20-40-31(37-29)22-7-11-26(33)12-8-22/h4-12,17-20,34-35,38H,2-3,13-16H2,1H3,(H,36,39)/b23-4+,24-19-. The average Bonchev–Trinajstić information content (AvgIpc) is 3.46. The zero-order valence-corrected chi connectivity index (χ0v) is 23.0. The number of rotatable bonds is 12. The number of carbonyl (C=O) groups excluding carboxylic acids is 1. The first-order valence-electron chi connectivity index (χ1n) is 13.2. The van der Waals surface area contributed by atoms with Crippen LogP contribution >= 0.6 is 11.3 Å². The zero-order valence-electron chi connectivity index (χ0n) is 22.2. The van der Waals surface area contributed by atoms with E-state index in [2.05, 4.69) is 33.9 Å². The van der Waals surface area contributed by atoms with Crippen LogP contribution in [0.1, 0.15) is 30.3 Å². The number of nitrogens with zero attached hydrogens (tertiary/aromatic N) is 1. The lowest BCUT2D eigenvalue weighted by Gasteiger charge is -2.12. The molecule has 0 saturated carbocycles. The summed E-state index contributed by atoms with van der Waals surface area (Å²) in [5, 5.41) is 22.5. The van der Waals surface area contributed by atoms with Crippen molar-refractivity contribution in [3.05, 3.63) is 93.8 Å². The van der Waals surface area contributed by atoms with Gasteiger partial charge >= 0.3 is 0 Å². The van der Waals surface area contributed by atoms with Crippen molar-refractivity contribution in [3.8, 4) is 21.7 Å². The van der Waals surface area contributed by atoms with E-state index in [1.165, 1.54) is 35.6 Å². The molecule has 6 nitrogen and oxygen atoms in total. The molecule has 9 heteroatoms. The van der Waals surface area contributed by atoms with Gasteiger partial charge in [0.15, 0.2) is 0 Å². The third kappa shape index (κ3) is 7.81. The summed E-state index contributed by atoms with van der Waals surface area (Å²) in [4.78, 5) is 17.8.